The number of amidine groups is 1. The Kier molecular flexibility index (Phi) is 6.14. The molecule has 0 saturated carbocycles. The Bertz CT molecular complexity index is 931. The second kappa shape index (κ2) is 8.74. The molecule has 5 nitrogen and oxygen atoms in total. The zero-order chi connectivity index (χ0) is 20.1. The molecule has 0 atom stereocenters. The van der Waals surface area contributed by atoms with Gasteiger partial charge in [0, 0.05) is 12.1 Å². The van der Waals surface area contributed by atoms with Gasteiger partial charge in [-0.1, -0.05) is 30.3 Å². The molecule has 1 aliphatic heterocycles. The van der Waals surface area contributed by atoms with Gasteiger partial charge < -0.3 is 9.47 Å². The van der Waals surface area contributed by atoms with Crippen molar-refractivity contribution in [1.29, 1.82) is 0 Å². The van der Waals surface area contributed by atoms with E-state index in [0.717, 1.165) is 16.7 Å². The lowest BCUT2D eigenvalue weighted by Crippen LogP contribution is -2.32. The van der Waals surface area contributed by atoms with Gasteiger partial charge in [0.2, 0.25) is 0 Å². The topological polar surface area (TPSA) is 51.1 Å². The third kappa shape index (κ3) is 3.93. The minimum absolute atomic E-state index is 0.0902. The maximum absolute atomic E-state index is 12.9. The second-order valence-electron chi connectivity index (χ2n) is 6.40. The number of rotatable bonds is 7. The highest BCUT2D eigenvalue weighted by Gasteiger charge is 2.30. The molecule has 1 heterocycles. The first-order valence-corrected chi connectivity index (χ1v) is 9.66. The monoisotopic (exact) mass is 378 g/mol. The lowest BCUT2D eigenvalue weighted by Gasteiger charge is -2.17. The van der Waals surface area contributed by atoms with Gasteiger partial charge in [0.25, 0.3) is 5.91 Å². The molecule has 0 aliphatic carbocycles. The largest absolute Gasteiger partial charge is 0.490 e. The molecule has 0 spiro atoms. The van der Waals surface area contributed by atoms with Crippen LogP contribution in [0, 0.1) is 6.92 Å². The fourth-order valence-electron chi connectivity index (χ4n) is 3.19. The predicted molar refractivity (Wildman–Crippen MR) is 112 cm³/mol. The highest BCUT2D eigenvalue weighted by Crippen LogP contribution is 2.30. The van der Waals surface area contributed by atoms with Crippen molar-refractivity contribution in [1.82, 2.24) is 4.90 Å². The molecular weight excluding hydrogens is 352 g/mol. The average Bonchev–Trinajstić information content (AvgIpc) is 3.00. The van der Waals surface area contributed by atoms with Crippen LogP contribution in [0.3, 0.4) is 0 Å². The fraction of sp³-hybridized carbons (Fsp3) is 0.304. The van der Waals surface area contributed by atoms with E-state index in [1.807, 2.05) is 70.2 Å². The van der Waals surface area contributed by atoms with Crippen LogP contribution in [-0.4, -0.2) is 36.4 Å². The van der Waals surface area contributed by atoms with Gasteiger partial charge in [0.05, 0.1) is 13.2 Å². The van der Waals surface area contributed by atoms with Crippen molar-refractivity contribution in [3.63, 3.8) is 0 Å². The van der Waals surface area contributed by atoms with Crippen LogP contribution in [0.4, 0.5) is 0 Å². The Morgan fingerprint density at radius 2 is 1.71 bits per heavy atom. The standard InChI is InChI=1S/C23H26N2O3/c1-5-25-22(18-11-9-8-10-16(18)4)24-19(23(25)26)14-17-12-13-20(27-6-2)21(15-17)28-7-3/h8-15H,5-7H2,1-4H3/b19-14-. The Morgan fingerprint density at radius 1 is 1.00 bits per heavy atom. The molecule has 0 fully saturated rings. The normalized spacial score (nSPS) is 15.1. The number of benzene rings is 2. The SMILES string of the molecule is CCOc1ccc(/C=C2\N=C(c3ccccc3C)N(CC)C2=O)cc1OCC. The zero-order valence-electron chi connectivity index (χ0n) is 16.9. The van der Waals surface area contributed by atoms with Crippen LogP contribution < -0.4 is 9.47 Å². The predicted octanol–water partition coefficient (Wildman–Crippen LogP) is 4.44. The van der Waals surface area contributed by atoms with Crippen LogP contribution >= 0.6 is 0 Å². The molecule has 0 unspecified atom stereocenters. The van der Waals surface area contributed by atoms with Crippen molar-refractivity contribution in [2.75, 3.05) is 19.8 Å². The first-order chi connectivity index (χ1) is 13.6. The van der Waals surface area contributed by atoms with Crippen molar-refractivity contribution >= 4 is 17.8 Å². The smallest absolute Gasteiger partial charge is 0.278 e. The number of amides is 1. The minimum Gasteiger partial charge on any atom is -0.490 e. The highest BCUT2D eigenvalue weighted by atomic mass is 16.5. The van der Waals surface area contributed by atoms with Crippen LogP contribution in [-0.2, 0) is 4.79 Å². The van der Waals surface area contributed by atoms with Crippen LogP contribution in [0.5, 0.6) is 11.5 Å². The summed E-state index contributed by atoms with van der Waals surface area (Å²) in [5.41, 5.74) is 3.34. The van der Waals surface area contributed by atoms with Crippen LogP contribution in [0.25, 0.3) is 6.08 Å². The van der Waals surface area contributed by atoms with E-state index in [1.165, 1.54) is 0 Å². The molecule has 0 aromatic heterocycles. The lowest BCUT2D eigenvalue weighted by molar-refractivity contribution is -0.122. The van der Waals surface area contributed by atoms with Gasteiger partial charge in [-0.15, -0.1) is 0 Å². The Balaban J connectivity index is 2.00. The fourth-order valence-corrected chi connectivity index (χ4v) is 3.19. The first kappa shape index (κ1) is 19.7. The van der Waals surface area contributed by atoms with Crippen LogP contribution in [0.15, 0.2) is 53.2 Å². The molecule has 0 bridgehead atoms. The maximum atomic E-state index is 12.9. The molecule has 5 heteroatoms. The molecule has 3 rings (SSSR count). The molecule has 1 amide bonds. The average molecular weight is 378 g/mol. The summed E-state index contributed by atoms with van der Waals surface area (Å²) in [6, 6.07) is 13.6. The van der Waals surface area contributed by atoms with E-state index in [1.54, 1.807) is 11.0 Å². The molecular formula is C23H26N2O3. The van der Waals surface area contributed by atoms with Gasteiger partial charge in [0.15, 0.2) is 11.5 Å². The van der Waals surface area contributed by atoms with Gasteiger partial charge in [-0.05, 0) is 57.0 Å². The zero-order valence-corrected chi connectivity index (χ0v) is 16.9. The first-order valence-electron chi connectivity index (χ1n) is 9.66. The molecule has 2 aromatic rings. The number of hydrogen-bond acceptors (Lipinski definition) is 4. The number of aryl methyl sites for hydroxylation is 1. The number of carbonyl (C=O) groups excluding carboxylic acids is 1. The van der Waals surface area contributed by atoms with Crippen molar-refractivity contribution in [2.45, 2.75) is 27.7 Å². The molecule has 146 valence electrons. The van der Waals surface area contributed by atoms with Crippen molar-refractivity contribution in [3.05, 3.63) is 64.9 Å². The highest BCUT2D eigenvalue weighted by molar-refractivity contribution is 6.20. The van der Waals surface area contributed by atoms with Crippen LogP contribution in [0.1, 0.15) is 37.5 Å². The molecule has 1 aliphatic rings. The number of nitrogens with zero attached hydrogens (tertiary/aromatic N) is 2. The van der Waals surface area contributed by atoms with Crippen molar-refractivity contribution in [2.24, 2.45) is 4.99 Å². The summed E-state index contributed by atoms with van der Waals surface area (Å²) in [4.78, 5) is 19.3. The summed E-state index contributed by atoms with van der Waals surface area (Å²) in [5.74, 6) is 1.98. The summed E-state index contributed by atoms with van der Waals surface area (Å²) < 4.78 is 11.3. The molecule has 28 heavy (non-hydrogen) atoms. The van der Waals surface area contributed by atoms with Gasteiger partial charge in [-0.2, -0.15) is 0 Å². The van der Waals surface area contributed by atoms with Gasteiger partial charge >= 0.3 is 0 Å². The summed E-state index contributed by atoms with van der Waals surface area (Å²) >= 11 is 0. The Morgan fingerprint density at radius 3 is 2.39 bits per heavy atom. The van der Waals surface area contributed by atoms with Crippen molar-refractivity contribution < 1.29 is 14.3 Å². The van der Waals surface area contributed by atoms with Gasteiger partial charge in [-0.3, -0.25) is 9.69 Å². The van der Waals surface area contributed by atoms with Gasteiger partial charge in [-0.25, -0.2) is 4.99 Å². The number of hydrogen-bond donors (Lipinski definition) is 0. The van der Waals surface area contributed by atoms with E-state index in [-0.39, 0.29) is 5.91 Å². The van der Waals surface area contributed by atoms with Crippen molar-refractivity contribution in [3.8, 4) is 11.5 Å². The quantitative estimate of drug-likeness (QED) is 0.669. The molecule has 0 N–H and O–H groups in total. The minimum atomic E-state index is -0.0902. The van der Waals surface area contributed by atoms with E-state index in [9.17, 15) is 4.79 Å². The Hall–Kier alpha value is -3.08. The van der Waals surface area contributed by atoms with Gasteiger partial charge in [0.1, 0.15) is 11.5 Å². The van der Waals surface area contributed by atoms with E-state index in [2.05, 4.69) is 4.99 Å². The second-order valence-corrected chi connectivity index (χ2v) is 6.40. The lowest BCUT2D eigenvalue weighted by atomic mass is 10.1. The molecule has 0 radical (unpaired) electrons. The number of ether oxygens (including phenoxy) is 2. The van der Waals surface area contributed by atoms with E-state index < -0.39 is 0 Å². The maximum Gasteiger partial charge on any atom is 0.278 e. The van der Waals surface area contributed by atoms with E-state index in [0.29, 0.717) is 42.8 Å². The summed E-state index contributed by atoms with van der Waals surface area (Å²) in [5, 5.41) is 0. The summed E-state index contributed by atoms with van der Waals surface area (Å²) in [7, 11) is 0. The third-order valence-corrected chi connectivity index (χ3v) is 4.52. The summed E-state index contributed by atoms with van der Waals surface area (Å²) in [6.07, 6.45) is 1.80. The molecule has 2 aromatic carbocycles. The third-order valence-electron chi connectivity index (χ3n) is 4.52. The van der Waals surface area contributed by atoms with E-state index >= 15 is 0 Å². The number of aliphatic imine (C=N–C) groups is 1. The number of likely N-dealkylation sites (N-methyl/N-ethyl adjacent to an activating group) is 1. The molecule has 0 saturated heterocycles. The summed E-state index contributed by atoms with van der Waals surface area (Å²) in [6.45, 7) is 9.52. The Labute approximate surface area is 166 Å². The van der Waals surface area contributed by atoms with E-state index in [4.69, 9.17) is 9.47 Å². The number of carbonyl (C=O) groups is 1. The van der Waals surface area contributed by atoms with Crippen LogP contribution in [0.2, 0.25) is 0 Å².